The van der Waals surface area contributed by atoms with E-state index in [1.54, 1.807) is 6.92 Å². The van der Waals surface area contributed by atoms with Crippen LogP contribution in [0.4, 0.5) is 0 Å². The summed E-state index contributed by atoms with van der Waals surface area (Å²) in [5, 5.41) is 1.61. The second kappa shape index (κ2) is 7.96. The summed E-state index contributed by atoms with van der Waals surface area (Å²) < 4.78 is 12.8. The summed E-state index contributed by atoms with van der Waals surface area (Å²) in [6, 6.07) is 5.80. The highest BCUT2D eigenvalue weighted by atomic mass is 35.5. The van der Waals surface area contributed by atoms with Gasteiger partial charge in [0.25, 0.3) is 0 Å². The van der Waals surface area contributed by atoms with E-state index in [0.717, 1.165) is 35.9 Å². The fourth-order valence-electron chi connectivity index (χ4n) is 3.11. The van der Waals surface area contributed by atoms with Gasteiger partial charge in [0.1, 0.15) is 6.26 Å². The number of esters is 1. The molecule has 26 heavy (non-hydrogen) atoms. The summed E-state index contributed by atoms with van der Waals surface area (Å²) in [5.41, 5.74) is 2.07. The van der Waals surface area contributed by atoms with Crippen LogP contribution in [0.15, 0.2) is 35.1 Å². The number of nitrogens with zero attached hydrogens (tertiary/aromatic N) is 2. The van der Waals surface area contributed by atoms with Gasteiger partial charge in [-0.2, -0.15) is 0 Å². The zero-order chi connectivity index (χ0) is 18.7. The van der Waals surface area contributed by atoms with E-state index in [1.807, 2.05) is 24.4 Å². The molecule has 5 nitrogen and oxygen atoms in total. The van der Waals surface area contributed by atoms with Crippen molar-refractivity contribution in [2.24, 2.45) is 5.92 Å². The van der Waals surface area contributed by atoms with E-state index in [4.69, 9.17) is 20.8 Å². The molecule has 0 unspecified atom stereocenters. The van der Waals surface area contributed by atoms with Crippen LogP contribution in [0.2, 0.25) is 5.02 Å². The lowest BCUT2D eigenvalue weighted by atomic mass is 10.0. The molecule has 2 aromatic heterocycles. The Kier molecular flexibility index (Phi) is 5.67. The molecule has 0 N–H and O–H groups in total. The third-order valence-corrected chi connectivity index (χ3v) is 4.91. The first-order valence-electron chi connectivity index (χ1n) is 8.98. The van der Waals surface area contributed by atoms with E-state index in [0.29, 0.717) is 23.4 Å². The fraction of sp³-hybridized carbons (Fsp3) is 0.400. The lowest BCUT2D eigenvalue weighted by Crippen LogP contribution is -2.07. The highest BCUT2D eigenvalue weighted by molar-refractivity contribution is 6.31. The maximum absolute atomic E-state index is 11.9. The number of ether oxygens (including phenoxy) is 1. The van der Waals surface area contributed by atoms with Gasteiger partial charge < -0.3 is 13.7 Å². The van der Waals surface area contributed by atoms with Crippen LogP contribution in [-0.4, -0.2) is 22.1 Å². The molecule has 0 amide bonds. The molecule has 0 fully saturated rings. The topological polar surface area (TPSA) is 57.3 Å². The molecule has 0 aliphatic carbocycles. The molecule has 0 aliphatic heterocycles. The molecular weight excluding hydrogens is 352 g/mol. The molecular formula is C20H23ClN2O3. The van der Waals surface area contributed by atoms with Gasteiger partial charge in [-0.3, -0.25) is 0 Å². The van der Waals surface area contributed by atoms with Crippen molar-refractivity contribution in [3.8, 4) is 11.5 Å². The van der Waals surface area contributed by atoms with Gasteiger partial charge in [-0.25, -0.2) is 9.78 Å². The molecule has 0 spiro atoms. The van der Waals surface area contributed by atoms with E-state index >= 15 is 0 Å². The van der Waals surface area contributed by atoms with E-state index in [2.05, 4.69) is 23.4 Å². The molecule has 0 radical (unpaired) electrons. The van der Waals surface area contributed by atoms with Gasteiger partial charge in [0.05, 0.1) is 12.2 Å². The number of rotatable bonds is 7. The van der Waals surface area contributed by atoms with Crippen LogP contribution in [0, 0.1) is 5.92 Å². The summed E-state index contributed by atoms with van der Waals surface area (Å²) >= 11 is 6.21. The van der Waals surface area contributed by atoms with Gasteiger partial charge in [-0.05, 0) is 31.0 Å². The molecule has 0 aliphatic rings. The van der Waals surface area contributed by atoms with Crippen molar-refractivity contribution in [2.75, 3.05) is 6.61 Å². The first-order valence-corrected chi connectivity index (χ1v) is 9.36. The molecule has 0 saturated carbocycles. The number of halogens is 1. The smallest absolute Gasteiger partial charge is 0.360 e. The minimum absolute atomic E-state index is 0.171. The normalized spacial score (nSPS) is 11.4. The Morgan fingerprint density at radius 2 is 2.08 bits per heavy atom. The lowest BCUT2D eigenvalue weighted by molar-refractivity contribution is 0.0519. The van der Waals surface area contributed by atoms with Crippen LogP contribution in [-0.2, 0) is 11.3 Å². The van der Waals surface area contributed by atoms with Crippen molar-refractivity contribution in [2.45, 2.75) is 40.2 Å². The third-order valence-electron chi connectivity index (χ3n) is 4.67. The van der Waals surface area contributed by atoms with Crippen LogP contribution in [0.1, 0.15) is 44.1 Å². The Morgan fingerprint density at radius 1 is 1.31 bits per heavy atom. The molecule has 3 aromatic rings. The molecule has 6 heteroatoms. The summed E-state index contributed by atoms with van der Waals surface area (Å²) in [7, 11) is 0. The average molecular weight is 375 g/mol. The third kappa shape index (κ3) is 3.63. The maximum Gasteiger partial charge on any atom is 0.360 e. The second-order valence-electron chi connectivity index (χ2n) is 6.30. The predicted molar refractivity (Wildman–Crippen MR) is 102 cm³/mol. The Morgan fingerprint density at radius 3 is 2.77 bits per heavy atom. The van der Waals surface area contributed by atoms with Crippen molar-refractivity contribution in [1.29, 1.82) is 0 Å². The van der Waals surface area contributed by atoms with Crippen LogP contribution in [0.5, 0.6) is 0 Å². The van der Waals surface area contributed by atoms with Crippen LogP contribution in [0.3, 0.4) is 0 Å². The summed E-state index contributed by atoms with van der Waals surface area (Å²) in [6.45, 7) is 7.38. The van der Waals surface area contributed by atoms with Gasteiger partial charge in [-0.1, -0.05) is 38.3 Å². The van der Waals surface area contributed by atoms with Gasteiger partial charge in [0.15, 0.2) is 5.69 Å². The SMILES string of the molecule is CCOC(=O)c1coc(-c2cn(CC(CC)CC)c3ccc(Cl)cc23)n1. The first kappa shape index (κ1) is 18.5. The Bertz CT molecular complexity index is 909. The number of oxazole rings is 1. The predicted octanol–water partition coefficient (Wildman–Crippen LogP) is 5.56. The van der Waals surface area contributed by atoms with E-state index in [9.17, 15) is 4.79 Å². The molecule has 0 saturated heterocycles. The number of benzene rings is 1. The lowest BCUT2D eigenvalue weighted by Gasteiger charge is -2.14. The minimum atomic E-state index is -0.485. The standard InChI is InChI=1S/C20H23ClN2O3/c1-4-13(5-2)10-23-11-16(15-9-14(21)7-8-18(15)23)19-22-17(12-26-19)20(24)25-6-3/h7-9,11-13H,4-6,10H2,1-3H3. The van der Waals surface area contributed by atoms with E-state index < -0.39 is 5.97 Å². The first-order chi connectivity index (χ1) is 12.6. The van der Waals surface area contributed by atoms with Crippen molar-refractivity contribution in [1.82, 2.24) is 9.55 Å². The molecule has 2 heterocycles. The van der Waals surface area contributed by atoms with Crippen LogP contribution < -0.4 is 0 Å². The van der Waals surface area contributed by atoms with Crippen molar-refractivity contribution < 1.29 is 13.9 Å². The molecule has 3 rings (SSSR count). The van der Waals surface area contributed by atoms with E-state index in [1.165, 1.54) is 6.26 Å². The number of carbonyl (C=O) groups excluding carboxylic acids is 1. The van der Waals surface area contributed by atoms with Crippen molar-refractivity contribution in [3.63, 3.8) is 0 Å². The maximum atomic E-state index is 11.9. The van der Waals surface area contributed by atoms with Crippen molar-refractivity contribution >= 4 is 28.5 Å². The quantitative estimate of drug-likeness (QED) is 0.508. The number of fused-ring (bicyclic) bond motifs is 1. The minimum Gasteiger partial charge on any atom is -0.461 e. The number of hydrogen-bond donors (Lipinski definition) is 0. The number of aromatic nitrogens is 2. The van der Waals surface area contributed by atoms with E-state index in [-0.39, 0.29) is 5.69 Å². The second-order valence-corrected chi connectivity index (χ2v) is 6.73. The Labute approximate surface area is 157 Å². The van der Waals surface area contributed by atoms with Gasteiger partial charge in [-0.15, -0.1) is 0 Å². The fourth-order valence-corrected chi connectivity index (χ4v) is 3.28. The summed E-state index contributed by atoms with van der Waals surface area (Å²) in [4.78, 5) is 16.2. The molecule has 0 atom stereocenters. The molecule has 1 aromatic carbocycles. The summed E-state index contributed by atoms with van der Waals surface area (Å²) in [5.74, 6) is 0.499. The highest BCUT2D eigenvalue weighted by Crippen LogP contribution is 2.33. The zero-order valence-corrected chi connectivity index (χ0v) is 16.0. The largest absolute Gasteiger partial charge is 0.461 e. The van der Waals surface area contributed by atoms with Gasteiger partial charge >= 0.3 is 5.97 Å². The number of carbonyl (C=O) groups is 1. The Hall–Kier alpha value is -2.27. The molecule has 0 bridgehead atoms. The highest BCUT2D eigenvalue weighted by Gasteiger charge is 2.19. The van der Waals surface area contributed by atoms with Gasteiger partial charge in [0.2, 0.25) is 5.89 Å². The average Bonchev–Trinajstić information content (AvgIpc) is 3.24. The monoisotopic (exact) mass is 374 g/mol. The van der Waals surface area contributed by atoms with Crippen LogP contribution >= 0.6 is 11.6 Å². The number of hydrogen-bond acceptors (Lipinski definition) is 4. The van der Waals surface area contributed by atoms with Crippen molar-refractivity contribution in [3.05, 3.63) is 41.4 Å². The van der Waals surface area contributed by atoms with Crippen LogP contribution in [0.25, 0.3) is 22.4 Å². The summed E-state index contributed by atoms with van der Waals surface area (Å²) in [6.07, 6.45) is 5.60. The zero-order valence-electron chi connectivity index (χ0n) is 15.3. The van der Waals surface area contributed by atoms with Gasteiger partial charge in [0, 0.05) is 28.7 Å². The Balaban J connectivity index is 2.05. The molecule has 138 valence electrons.